The Balaban J connectivity index is 1.74. The van der Waals surface area contributed by atoms with Gasteiger partial charge >= 0.3 is 0 Å². The monoisotopic (exact) mass is 315 g/mol. The minimum atomic E-state index is 0.690. The number of nitrogens with zero attached hydrogens (tertiary/aromatic N) is 1. The average molecular weight is 315 g/mol. The van der Waals surface area contributed by atoms with E-state index < -0.39 is 0 Å². The van der Waals surface area contributed by atoms with Gasteiger partial charge in [0.1, 0.15) is 0 Å². The van der Waals surface area contributed by atoms with E-state index in [0.717, 1.165) is 11.2 Å². The molecule has 1 aromatic heterocycles. The standard InChI is InChI=1S/C23H25N/c1-2-4-10-18(11-5-3-1)20-13-7-8-14-21(20)23-17-16-19-12-6-9-15-22(19)24-23/h6-9,12-18H,1-5,10-11H2. The van der Waals surface area contributed by atoms with Gasteiger partial charge < -0.3 is 0 Å². The molecule has 0 spiro atoms. The maximum atomic E-state index is 4.94. The molecule has 24 heavy (non-hydrogen) atoms. The molecule has 1 aliphatic rings. The summed E-state index contributed by atoms with van der Waals surface area (Å²) in [6.45, 7) is 0. The van der Waals surface area contributed by atoms with E-state index in [1.54, 1.807) is 0 Å². The first-order valence-electron chi connectivity index (χ1n) is 9.37. The molecular weight excluding hydrogens is 290 g/mol. The van der Waals surface area contributed by atoms with Gasteiger partial charge in [0, 0.05) is 10.9 Å². The third-order valence-electron chi connectivity index (χ3n) is 5.38. The Bertz CT molecular complexity index is 813. The van der Waals surface area contributed by atoms with E-state index in [4.69, 9.17) is 4.98 Å². The average Bonchev–Trinajstić information content (AvgIpc) is 2.61. The summed E-state index contributed by atoms with van der Waals surface area (Å²) in [7, 11) is 0. The SMILES string of the molecule is c1ccc(C2CCCCCCC2)c(-c2ccc3ccccc3n2)c1. The topological polar surface area (TPSA) is 12.9 Å². The van der Waals surface area contributed by atoms with Gasteiger partial charge in [-0.15, -0.1) is 0 Å². The third kappa shape index (κ3) is 3.21. The van der Waals surface area contributed by atoms with Crippen molar-refractivity contribution in [2.45, 2.75) is 50.9 Å². The van der Waals surface area contributed by atoms with Gasteiger partial charge in [-0.2, -0.15) is 0 Å². The van der Waals surface area contributed by atoms with Crippen LogP contribution in [0, 0.1) is 0 Å². The van der Waals surface area contributed by atoms with Crippen LogP contribution < -0.4 is 0 Å². The summed E-state index contributed by atoms with van der Waals surface area (Å²) in [6, 6.07) is 21.7. The number of aromatic nitrogens is 1. The van der Waals surface area contributed by atoms with E-state index >= 15 is 0 Å². The molecule has 0 unspecified atom stereocenters. The number of para-hydroxylation sites is 1. The smallest absolute Gasteiger partial charge is 0.0712 e. The number of benzene rings is 2. The lowest BCUT2D eigenvalue weighted by molar-refractivity contribution is 0.456. The lowest BCUT2D eigenvalue weighted by atomic mass is 9.83. The van der Waals surface area contributed by atoms with Crippen LogP contribution in [0.4, 0.5) is 0 Å². The quantitative estimate of drug-likeness (QED) is 0.511. The molecule has 1 saturated carbocycles. The second-order valence-corrected chi connectivity index (χ2v) is 7.02. The third-order valence-corrected chi connectivity index (χ3v) is 5.38. The first kappa shape index (κ1) is 15.4. The Morgan fingerprint density at radius 2 is 1.38 bits per heavy atom. The zero-order chi connectivity index (χ0) is 16.2. The lowest BCUT2D eigenvalue weighted by Crippen LogP contribution is -2.04. The van der Waals surface area contributed by atoms with Crippen molar-refractivity contribution in [2.75, 3.05) is 0 Å². The minimum Gasteiger partial charge on any atom is -0.248 e. The molecule has 0 amide bonds. The number of hydrogen-bond donors (Lipinski definition) is 0. The number of pyridine rings is 1. The van der Waals surface area contributed by atoms with E-state index in [9.17, 15) is 0 Å². The summed E-state index contributed by atoms with van der Waals surface area (Å²) in [5.41, 5.74) is 5.03. The van der Waals surface area contributed by atoms with Gasteiger partial charge in [-0.3, -0.25) is 0 Å². The molecule has 0 aliphatic heterocycles. The van der Waals surface area contributed by atoms with Gasteiger partial charge in [0.15, 0.2) is 0 Å². The van der Waals surface area contributed by atoms with Crippen LogP contribution >= 0.6 is 0 Å². The second-order valence-electron chi connectivity index (χ2n) is 7.02. The van der Waals surface area contributed by atoms with E-state index in [2.05, 4.69) is 60.7 Å². The Kier molecular flexibility index (Phi) is 4.60. The maximum Gasteiger partial charge on any atom is 0.0712 e. The van der Waals surface area contributed by atoms with Crippen LogP contribution in [-0.2, 0) is 0 Å². The van der Waals surface area contributed by atoms with Gasteiger partial charge in [0.2, 0.25) is 0 Å². The minimum absolute atomic E-state index is 0.690. The van der Waals surface area contributed by atoms with Crippen molar-refractivity contribution in [2.24, 2.45) is 0 Å². The molecule has 1 heterocycles. The molecule has 0 saturated heterocycles. The summed E-state index contributed by atoms with van der Waals surface area (Å²) in [5.74, 6) is 0.690. The zero-order valence-corrected chi connectivity index (χ0v) is 14.2. The number of hydrogen-bond acceptors (Lipinski definition) is 1. The van der Waals surface area contributed by atoms with Crippen molar-refractivity contribution >= 4 is 10.9 Å². The van der Waals surface area contributed by atoms with Crippen LogP contribution in [0.15, 0.2) is 60.7 Å². The fourth-order valence-corrected chi connectivity index (χ4v) is 4.07. The summed E-state index contributed by atoms with van der Waals surface area (Å²) in [5, 5.41) is 1.21. The van der Waals surface area contributed by atoms with Crippen LogP contribution in [-0.4, -0.2) is 4.98 Å². The number of rotatable bonds is 2. The molecule has 0 bridgehead atoms. The summed E-state index contributed by atoms with van der Waals surface area (Å²) < 4.78 is 0. The van der Waals surface area contributed by atoms with Crippen molar-refractivity contribution in [3.63, 3.8) is 0 Å². The lowest BCUT2D eigenvalue weighted by Gasteiger charge is -2.22. The summed E-state index contributed by atoms with van der Waals surface area (Å²) in [4.78, 5) is 4.94. The van der Waals surface area contributed by atoms with Gasteiger partial charge in [-0.1, -0.05) is 80.6 Å². The van der Waals surface area contributed by atoms with E-state index in [1.807, 2.05) is 0 Å². The first-order valence-corrected chi connectivity index (χ1v) is 9.37. The predicted octanol–water partition coefficient (Wildman–Crippen LogP) is 6.73. The van der Waals surface area contributed by atoms with Gasteiger partial charge in [0.05, 0.1) is 11.2 Å². The fraction of sp³-hybridized carbons (Fsp3) is 0.348. The maximum absolute atomic E-state index is 4.94. The molecule has 2 aromatic carbocycles. The Morgan fingerprint density at radius 1 is 0.667 bits per heavy atom. The number of fused-ring (bicyclic) bond motifs is 1. The predicted molar refractivity (Wildman–Crippen MR) is 102 cm³/mol. The zero-order valence-electron chi connectivity index (χ0n) is 14.2. The highest BCUT2D eigenvalue weighted by atomic mass is 14.7. The van der Waals surface area contributed by atoms with Crippen LogP contribution in [0.1, 0.15) is 56.4 Å². The molecule has 122 valence electrons. The summed E-state index contributed by atoms with van der Waals surface area (Å²) in [6.07, 6.45) is 9.59. The van der Waals surface area contributed by atoms with Gasteiger partial charge in [-0.05, 0) is 36.5 Å². The van der Waals surface area contributed by atoms with Crippen LogP contribution in [0.5, 0.6) is 0 Å². The van der Waals surface area contributed by atoms with Gasteiger partial charge in [-0.25, -0.2) is 4.98 Å². The Hall–Kier alpha value is -2.15. The molecule has 1 nitrogen and oxygen atoms in total. The first-order chi connectivity index (χ1) is 11.9. The van der Waals surface area contributed by atoms with E-state index in [-0.39, 0.29) is 0 Å². The summed E-state index contributed by atoms with van der Waals surface area (Å²) >= 11 is 0. The molecule has 1 heteroatoms. The molecule has 0 atom stereocenters. The Morgan fingerprint density at radius 3 is 2.25 bits per heavy atom. The molecule has 4 rings (SSSR count). The molecule has 1 fully saturated rings. The highest BCUT2D eigenvalue weighted by molar-refractivity contribution is 5.82. The van der Waals surface area contributed by atoms with Crippen LogP contribution in [0.2, 0.25) is 0 Å². The van der Waals surface area contributed by atoms with Crippen LogP contribution in [0.3, 0.4) is 0 Å². The van der Waals surface area contributed by atoms with E-state index in [0.29, 0.717) is 5.92 Å². The van der Waals surface area contributed by atoms with Crippen molar-refractivity contribution in [3.05, 3.63) is 66.2 Å². The molecule has 0 radical (unpaired) electrons. The molecule has 0 N–H and O–H groups in total. The van der Waals surface area contributed by atoms with E-state index in [1.165, 1.54) is 61.5 Å². The fourth-order valence-electron chi connectivity index (χ4n) is 4.07. The van der Waals surface area contributed by atoms with Gasteiger partial charge in [0.25, 0.3) is 0 Å². The van der Waals surface area contributed by atoms with Crippen LogP contribution in [0.25, 0.3) is 22.2 Å². The van der Waals surface area contributed by atoms with Crippen molar-refractivity contribution in [1.29, 1.82) is 0 Å². The Labute approximate surface area is 144 Å². The van der Waals surface area contributed by atoms with Crippen molar-refractivity contribution in [3.8, 4) is 11.3 Å². The van der Waals surface area contributed by atoms with Crippen molar-refractivity contribution in [1.82, 2.24) is 4.98 Å². The molecule has 1 aliphatic carbocycles. The molecular formula is C23H25N. The highest BCUT2D eigenvalue weighted by Crippen LogP contribution is 2.36. The normalized spacial score (nSPS) is 16.7. The van der Waals surface area contributed by atoms with Crippen molar-refractivity contribution < 1.29 is 0 Å². The second kappa shape index (κ2) is 7.17. The highest BCUT2D eigenvalue weighted by Gasteiger charge is 2.17. The molecule has 3 aromatic rings. The largest absolute Gasteiger partial charge is 0.248 e.